The van der Waals surface area contributed by atoms with E-state index in [1.54, 1.807) is 44.7 Å². The lowest BCUT2D eigenvalue weighted by Crippen LogP contribution is -2.65. The molecule has 3 rings (SSSR count). The second-order valence-corrected chi connectivity index (χ2v) is 18.7. The number of unbranched alkanes of at least 4 members (excludes halogenated alkanes) is 2. The van der Waals surface area contributed by atoms with Crippen molar-refractivity contribution in [3.63, 3.8) is 0 Å². The molecule has 6 amide bonds. The number of hydrogen-bond donors (Lipinski definition) is 9. The number of nitrogens with one attached hydrogen (secondary N) is 6. The van der Waals surface area contributed by atoms with Gasteiger partial charge in [0.2, 0.25) is 35.4 Å². The molecular weight excluding hydrogens is 815 g/mol. The third kappa shape index (κ3) is 16.8. The standard InChI is InChI=1S/C45H71N7O11/c1-9-10-11-13-30-23-32(55)22-29(20-25(2)3)39(58)48-34(24-36(56)57)41(60)50-37(27(5)53)43(62)46-26(4)38(44(63)51-45(6,7)8)52-19-12-14-35(52)42(61)49-33(40(59)47-30)21-28-15-17-31(54)18-16-28/h15-18,25-27,29-30,33-35,37-38,53-54H,9-14,19-24H2,1-8H3,(H,46,62)(H,47,59)(H,48,58)(H,49,61)(H,50,60)(H,51,63)(H,56,57)/t26-,27+,29+,30-,33-,34-,35-,37-,38-/m0/s1. The van der Waals surface area contributed by atoms with Crippen LogP contribution >= 0.6 is 0 Å². The SMILES string of the molecule is CCCCC[C@H]1CC(=O)C[C@@H](CC(C)C)C(=O)N[C@@H](CC(=O)O)C(=O)N[C@@H]([C@@H](C)O)C(=O)N[C@@H](C)[C@@H](C(=O)NC(C)(C)C)N2CCC[C@H]2C(=O)N[C@@H](Cc2ccc(O)cc2)C(=O)N1. The van der Waals surface area contributed by atoms with E-state index in [9.17, 15) is 53.7 Å². The molecule has 2 aliphatic rings. The highest BCUT2D eigenvalue weighted by Crippen LogP contribution is 2.25. The van der Waals surface area contributed by atoms with Crippen molar-refractivity contribution in [2.45, 2.75) is 180 Å². The molecule has 0 unspecified atom stereocenters. The Bertz CT molecular complexity index is 1760. The molecule has 0 radical (unpaired) electrons. The van der Waals surface area contributed by atoms with Crippen molar-refractivity contribution in [1.29, 1.82) is 0 Å². The van der Waals surface area contributed by atoms with Gasteiger partial charge in [0.1, 0.15) is 35.7 Å². The highest BCUT2D eigenvalue weighted by Gasteiger charge is 2.44. The number of phenols is 1. The average Bonchev–Trinajstić information content (AvgIpc) is 3.64. The lowest BCUT2D eigenvalue weighted by Gasteiger charge is -2.38. The first-order valence-electron chi connectivity index (χ1n) is 22.3. The predicted molar refractivity (Wildman–Crippen MR) is 234 cm³/mol. The predicted octanol–water partition coefficient (Wildman–Crippen LogP) is 1.59. The number of phenolic OH excluding ortho intramolecular Hbond substituents is 1. The molecule has 1 aromatic rings. The quantitative estimate of drug-likeness (QED) is 0.136. The fourth-order valence-electron chi connectivity index (χ4n) is 8.24. The summed E-state index contributed by atoms with van der Waals surface area (Å²) in [5.74, 6) is -7.29. The van der Waals surface area contributed by atoms with E-state index in [0.717, 1.165) is 12.8 Å². The Balaban J connectivity index is 2.18. The van der Waals surface area contributed by atoms with Gasteiger partial charge in [0.05, 0.1) is 24.6 Å². The number of carbonyl (C=O) groups is 8. The number of rotatable bonds is 12. The summed E-state index contributed by atoms with van der Waals surface area (Å²) in [6.07, 6.45) is 0.916. The molecule has 0 bridgehead atoms. The van der Waals surface area contributed by atoms with Crippen LogP contribution in [0.1, 0.15) is 125 Å². The maximum Gasteiger partial charge on any atom is 0.305 e. The molecule has 0 spiro atoms. The van der Waals surface area contributed by atoms with Gasteiger partial charge in [0.15, 0.2) is 0 Å². The molecule has 2 fully saturated rings. The molecule has 18 heteroatoms. The molecule has 9 atom stereocenters. The van der Waals surface area contributed by atoms with E-state index in [0.29, 0.717) is 31.2 Å². The van der Waals surface area contributed by atoms with Crippen molar-refractivity contribution in [2.75, 3.05) is 6.54 Å². The van der Waals surface area contributed by atoms with Crippen LogP contribution in [0.5, 0.6) is 5.75 Å². The highest BCUT2D eigenvalue weighted by molar-refractivity contribution is 5.96. The zero-order valence-corrected chi connectivity index (χ0v) is 38.1. The lowest BCUT2D eigenvalue weighted by atomic mass is 9.89. The number of carboxylic acids is 1. The number of amides is 6. The smallest absolute Gasteiger partial charge is 0.305 e. The molecule has 63 heavy (non-hydrogen) atoms. The number of benzene rings is 1. The Labute approximate surface area is 370 Å². The van der Waals surface area contributed by atoms with Crippen LogP contribution in [0.4, 0.5) is 0 Å². The first-order chi connectivity index (χ1) is 29.5. The van der Waals surface area contributed by atoms with Gasteiger partial charge in [-0.3, -0.25) is 43.3 Å². The van der Waals surface area contributed by atoms with Gasteiger partial charge in [-0.1, -0.05) is 52.2 Å². The van der Waals surface area contributed by atoms with Crippen molar-refractivity contribution >= 4 is 47.2 Å². The van der Waals surface area contributed by atoms with Gasteiger partial charge in [0, 0.05) is 36.8 Å². The molecule has 9 N–H and O–H groups in total. The van der Waals surface area contributed by atoms with E-state index in [1.165, 1.54) is 19.1 Å². The monoisotopic (exact) mass is 886 g/mol. The highest BCUT2D eigenvalue weighted by atomic mass is 16.4. The van der Waals surface area contributed by atoms with E-state index < -0.39 is 108 Å². The molecule has 18 nitrogen and oxygen atoms in total. The number of aliphatic hydroxyl groups is 1. The minimum absolute atomic E-state index is 0.00988. The minimum Gasteiger partial charge on any atom is -0.508 e. The molecule has 2 saturated heterocycles. The van der Waals surface area contributed by atoms with Crippen LogP contribution in [-0.2, 0) is 44.8 Å². The maximum atomic E-state index is 14.4. The summed E-state index contributed by atoms with van der Waals surface area (Å²) >= 11 is 0. The number of nitrogens with zero attached hydrogens (tertiary/aromatic N) is 1. The average molecular weight is 886 g/mol. The van der Waals surface area contributed by atoms with Crippen molar-refractivity contribution in [3.8, 4) is 5.75 Å². The van der Waals surface area contributed by atoms with Gasteiger partial charge >= 0.3 is 5.97 Å². The van der Waals surface area contributed by atoms with Crippen LogP contribution in [0.2, 0.25) is 0 Å². The first-order valence-corrected chi connectivity index (χ1v) is 22.3. The summed E-state index contributed by atoms with van der Waals surface area (Å²) in [5.41, 5.74) is -0.117. The summed E-state index contributed by atoms with van der Waals surface area (Å²) in [5, 5.41) is 46.9. The third-order valence-corrected chi connectivity index (χ3v) is 11.2. The largest absolute Gasteiger partial charge is 0.508 e. The third-order valence-electron chi connectivity index (χ3n) is 11.2. The normalized spacial score (nSPS) is 27.1. The van der Waals surface area contributed by atoms with Gasteiger partial charge in [-0.2, -0.15) is 0 Å². The summed E-state index contributed by atoms with van der Waals surface area (Å²) < 4.78 is 0. The Hall–Kier alpha value is -5.10. The van der Waals surface area contributed by atoms with Crippen molar-refractivity contribution in [1.82, 2.24) is 36.8 Å². The zero-order chi connectivity index (χ0) is 47.2. The van der Waals surface area contributed by atoms with Gasteiger partial charge in [-0.05, 0) is 90.5 Å². The number of Topliss-reactive ketones (excluding diaryl/α,β-unsaturated/α-hetero) is 1. The van der Waals surface area contributed by atoms with Crippen LogP contribution in [0, 0.1) is 11.8 Å². The number of fused-ring (bicyclic) bond motifs is 1. The van der Waals surface area contributed by atoms with Gasteiger partial charge < -0.3 is 47.2 Å². The topological polar surface area (TPSA) is 273 Å². The van der Waals surface area contributed by atoms with Crippen LogP contribution < -0.4 is 31.9 Å². The molecule has 0 saturated carbocycles. The van der Waals surface area contributed by atoms with Gasteiger partial charge in [-0.15, -0.1) is 0 Å². The van der Waals surface area contributed by atoms with E-state index >= 15 is 0 Å². The Morgan fingerprint density at radius 1 is 0.841 bits per heavy atom. The number of aliphatic carboxylic acids is 1. The molecule has 2 heterocycles. The van der Waals surface area contributed by atoms with Gasteiger partial charge in [-0.25, -0.2) is 0 Å². The Morgan fingerprint density at radius 3 is 2.06 bits per heavy atom. The number of carboxylic acid groups (broad SMARTS) is 1. The van der Waals surface area contributed by atoms with Crippen LogP contribution in [0.15, 0.2) is 24.3 Å². The Kier molecular flexibility index (Phi) is 20.0. The molecule has 0 aromatic heterocycles. The van der Waals surface area contributed by atoms with E-state index in [1.807, 2.05) is 20.8 Å². The molecule has 0 aliphatic carbocycles. The van der Waals surface area contributed by atoms with Crippen LogP contribution in [0.25, 0.3) is 0 Å². The van der Waals surface area contributed by atoms with E-state index in [2.05, 4.69) is 31.9 Å². The summed E-state index contributed by atoms with van der Waals surface area (Å²) in [6.45, 7) is 14.0. The van der Waals surface area contributed by atoms with Crippen molar-refractivity contribution in [2.24, 2.45) is 11.8 Å². The molecule has 2 aliphatic heterocycles. The Morgan fingerprint density at radius 2 is 1.48 bits per heavy atom. The molecular formula is C45H71N7O11. The maximum absolute atomic E-state index is 14.4. The van der Waals surface area contributed by atoms with Crippen molar-refractivity contribution < 1.29 is 53.7 Å². The number of ketones is 1. The lowest BCUT2D eigenvalue weighted by molar-refractivity contribution is -0.142. The fraction of sp³-hybridized carbons (Fsp3) is 0.689. The summed E-state index contributed by atoms with van der Waals surface area (Å²) in [6, 6.07) is -2.21. The van der Waals surface area contributed by atoms with Crippen LogP contribution in [-0.4, -0.2) is 128 Å². The summed E-state index contributed by atoms with van der Waals surface area (Å²) in [4.78, 5) is 112. The number of carbonyl (C=O) groups excluding carboxylic acids is 7. The van der Waals surface area contributed by atoms with E-state index in [4.69, 9.17) is 0 Å². The number of aliphatic hydroxyl groups excluding tert-OH is 1. The van der Waals surface area contributed by atoms with E-state index in [-0.39, 0.29) is 49.7 Å². The second kappa shape index (κ2) is 24.1. The first kappa shape index (κ1) is 52.2. The molecule has 1 aromatic carbocycles. The molecule has 352 valence electrons. The number of aromatic hydroxyl groups is 1. The summed E-state index contributed by atoms with van der Waals surface area (Å²) in [7, 11) is 0. The minimum atomic E-state index is -1.70. The second-order valence-electron chi connectivity index (χ2n) is 18.7. The van der Waals surface area contributed by atoms with Gasteiger partial charge in [0.25, 0.3) is 0 Å². The number of hydrogen-bond acceptors (Lipinski definition) is 11. The van der Waals surface area contributed by atoms with Crippen LogP contribution in [0.3, 0.4) is 0 Å². The van der Waals surface area contributed by atoms with Crippen molar-refractivity contribution in [3.05, 3.63) is 29.8 Å². The zero-order valence-electron chi connectivity index (χ0n) is 38.1. The fourth-order valence-corrected chi connectivity index (χ4v) is 8.24.